The molecule has 7 nitrogen and oxygen atoms in total. The Balaban J connectivity index is 1.28. The molecule has 0 spiro atoms. The van der Waals surface area contributed by atoms with Crippen molar-refractivity contribution in [2.24, 2.45) is 0 Å². The van der Waals surface area contributed by atoms with Crippen molar-refractivity contribution in [3.63, 3.8) is 0 Å². The van der Waals surface area contributed by atoms with E-state index in [0.717, 1.165) is 62.1 Å². The van der Waals surface area contributed by atoms with E-state index in [9.17, 15) is 9.59 Å². The number of amides is 2. The van der Waals surface area contributed by atoms with Crippen LogP contribution in [0.2, 0.25) is 5.02 Å². The van der Waals surface area contributed by atoms with Crippen LogP contribution in [0.1, 0.15) is 52.9 Å². The van der Waals surface area contributed by atoms with Crippen LogP contribution in [0.4, 0.5) is 5.69 Å². The van der Waals surface area contributed by atoms with Gasteiger partial charge in [0.05, 0.1) is 5.56 Å². The first-order valence-corrected chi connectivity index (χ1v) is 12.5. The summed E-state index contributed by atoms with van der Waals surface area (Å²) in [6.07, 6.45) is 5.23. The lowest BCUT2D eigenvalue weighted by Crippen LogP contribution is -2.57. The number of rotatable bonds is 5. The number of anilines is 1. The number of hydrogen-bond acceptors (Lipinski definition) is 5. The van der Waals surface area contributed by atoms with Gasteiger partial charge in [-0.05, 0) is 74.9 Å². The molecule has 3 aliphatic rings. The number of nitrogens with one attached hydrogen (secondary N) is 1. The van der Waals surface area contributed by atoms with Crippen LogP contribution in [0.5, 0.6) is 0 Å². The van der Waals surface area contributed by atoms with Crippen molar-refractivity contribution < 1.29 is 14.3 Å². The van der Waals surface area contributed by atoms with E-state index in [-0.39, 0.29) is 30.0 Å². The minimum absolute atomic E-state index is 0.180. The fourth-order valence-corrected chi connectivity index (χ4v) is 5.73. The van der Waals surface area contributed by atoms with Crippen molar-refractivity contribution in [1.82, 2.24) is 14.8 Å². The maximum Gasteiger partial charge on any atom is 0.257 e. The Hall–Kier alpha value is -2.48. The zero-order valence-electron chi connectivity index (χ0n) is 19.7. The molecule has 1 aromatic carbocycles. The molecule has 3 aliphatic heterocycles. The molecule has 1 N–H and O–H groups in total. The molecule has 2 aromatic rings. The molecule has 3 atom stereocenters. The van der Waals surface area contributed by atoms with Gasteiger partial charge in [0.2, 0.25) is 0 Å². The van der Waals surface area contributed by atoms with Crippen LogP contribution in [0.25, 0.3) is 0 Å². The highest BCUT2D eigenvalue weighted by Gasteiger charge is 2.45. The summed E-state index contributed by atoms with van der Waals surface area (Å²) in [6, 6.07) is 7.84. The van der Waals surface area contributed by atoms with Crippen molar-refractivity contribution in [3.05, 3.63) is 57.9 Å². The van der Waals surface area contributed by atoms with E-state index in [4.69, 9.17) is 16.3 Å². The van der Waals surface area contributed by atoms with Crippen molar-refractivity contribution in [3.8, 4) is 0 Å². The standard InChI is InChI=1S/C26H31ClN4O3/c1-16-5-6-18(12-28-16)25(32)29-23-11-20(27)10-19(17(23)2)13-30-14-21-7-8-22(15-30)31(21)26(33)24-4-3-9-34-24/h5-6,10-12,21-22,24H,3-4,7-9,13-15H2,1-2H3,(H,29,32). The second-order valence-corrected chi connectivity index (χ2v) is 10.1. The van der Waals surface area contributed by atoms with E-state index in [1.807, 2.05) is 26.0 Å². The highest BCUT2D eigenvalue weighted by atomic mass is 35.5. The average Bonchev–Trinajstić information content (AvgIpc) is 3.44. The van der Waals surface area contributed by atoms with Gasteiger partial charge in [-0.25, -0.2) is 0 Å². The van der Waals surface area contributed by atoms with Crippen LogP contribution in [-0.2, 0) is 16.1 Å². The summed E-state index contributed by atoms with van der Waals surface area (Å²) in [6.45, 7) is 7.02. The second kappa shape index (κ2) is 9.64. The number of aromatic nitrogens is 1. The van der Waals surface area contributed by atoms with E-state index in [1.54, 1.807) is 18.3 Å². The zero-order valence-corrected chi connectivity index (χ0v) is 20.5. The Labute approximate surface area is 205 Å². The largest absolute Gasteiger partial charge is 0.368 e. The van der Waals surface area contributed by atoms with Gasteiger partial charge in [-0.3, -0.25) is 19.5 Å². The van der Waals surface area contributed by atoms with Crippen LogP contribution in [-0.4, -0.2) is 64.5 Å². The number of halogens is 1. The quantitative estimate of drug-likeness (QED) is 0.698. The topological polar surface area (TPSA) is 74.8 Å². The maximum atomic E-state index is 13.0. The molecule has 3 unspecified atom stereocenters. The van der Waals surface area contributed by atoms with Crippen LogP contribution < -0.4 is 5.32 Å². The lowest BCUT2D eigenvalue weighted by Gasteiger charge is -2.42. The summed E-state index contributed by atoms with van der Waals surface area (Å²) < 4.78 is 5.67. The number of carbonyl (C=O) groups is 2. The Bertz CT molecular complexity index is 1070. The van der Waals surface area contributed by atoms with E-state index in [2.05, 4.69) is 20.1 Å². The van der Waals surface area contributed by atoms with Crippen molar-refractivity contribution in [1.29, 1.82) is 0 Å². The molecule has 2 amide bonds. The number of nitrogens with zero attached hydrogens (tertiary/aromatic N) is 3. The van der Waals surface area contributed by atoms with E-state index >= 15 is 0 Å². The number of aryl methyl sites for hydroxylation is 1. The molecule has 0 saturated carbocycles. The number of carbonyl (C=O) groups excluding carboxylic acids is 2. The van der Waals surface area contributed by atoms with E-state index in [1.165, 1.54) is 0 Å². The summed E-state index contributed by atoms with van der Waals surface area (Å²) in [5.41, 5.74) is 4.17. The predicted octanol–water partition coefficient (Wildman–Crippen LogP) is 3.96. The molecule has 2 bridgehead atoms. The SMILES string of the molecule is Cc1ccc(C(=O)Nc2cc(Cl)cc(CN3CC4CCC(C3)N4C(=O)C3CCCO3)c2C)cn1. The first-order chi connectivity index (χ1) is 16.4. The van der Waals surface area contributed by atoms with Crippen LogP contribution >= 0.6 is 11.6 Å². The zero-order chi connectivity index (χ0) is 23.8. The van der Waals surface area contributed by atoms with Gasteiger partial charge in [-0.2, -0.15) is 0 Å². The van der Waals surface area contributed by atoms with Gasteiger partial charge in [0, 0.05) is 60.9 Å². The van der Waals surface area contributed by atoms with Crippen LogP contribution in [0, 0.1) is 13.8 Å². The number of ether oxygens (including phenoxy) is 1. The van der Waals surface area contributed by atoms with Crippen LogP contribution in [0.15, 0.2) is 30.5 Å². The summed E-state index contributed by atoms with van der Waals surface area (Å²) in [7, 11) is 0. The smallest absolute Gasteiger partial charge is 0.257 e. The molecule has 3 saturated heterocycles. The molecule has 4 heterocycles. The molecule has 8 heteroatoms. The molecule has 0 aliphatic carbocycles. The summed E-state index contributed by atoms with van der Waals surface area (Å²) in [5.74, 6) is -0.0256. The van der Waals surface area contributed by atoms with Crippen molar-refractivity contribution in [2.45, 2.75) is 64.3 Å². The Morgan fingerprint density at radius 1 is 1.15 bits per heavy atom. The Kier molecular flexibility index (Phi) is 6.60. The van der Waals surface area contributed by atoms with Crippen LogP contribution in [0.3, 0.4) is 0 Å². The van der Waals surface area contributed by atoms with Gasteiger partial charge >= 0.3 is 0 Å². The highest BCUT2D eigenvalue weighted by molar-refractivity contribution is 6.31. The molecule has 34 heavy (non-hydrogen) atoms. The lowest BCUT2D eigenvalue weighted by atomic mass is 10.0. The fourth-order valence-electron chi connectivity index (χ4n) is 5.48. The molecule has 3 fully saturated rings. The van der Waals surface area contributed by atoms with Gasteiger partial charge in [-0.1, -0.05) is 11.6 Å². The maximum absolute atomic E-state index is 13.0. The molecule has 180 valence electrons. The molecule has 5 rings (SSSR count). The molecular weight excluding hydrogens is 452 g/mol. The third kappa shape index (κ3) is 4.69. The minimum Gasteiger partial charge on any atom is -0.368 e. The lowest BCUT2D eigenvalue weighted by molar-refractivity contribution is -0.147. The predicted molar refractivity (Wildman–Crippen MR) is 131 cm³/mol. The van der Waals surface area contributed by atoms with Crippen molar-refractivity contribution in [2.75, 3.05) is 25.0 Å². The monoisotopic (exact) mass is 482 g/mol. The normalized spacial score (nSPS) is 24.4. The van der Waals surface area contributed by atoms with Crippen molar-refractivity contribution >= 4 is 29.1 Å². The Morgan fingerprint density at radius 3 is 2.56 bits per heavy atom. The summed E-state index contributed by atoms with van der Waals surface area (Å²) in [5, 5.41) is 3.59. The third-order valence-electron chi connectivity index (χ3n) is 7.31. The third-order valence-corrected chi connectivity index (χ3v) is 7.53. The highest BCUT2D eigenvalue weighted by Crippen LogP contribution is 2.34. The number of likely N-dealkylation sites (tertiary alicyclic amines) is 1. The first-order valence-electron chi connectivity index (χ1n) is 12.1. The Morgan fingerprint density at radius 2 is 1.91 bits per heavy atom. The van der Waals surface area contributed by atoms with Gasteiger partial charge in [0.15, 0.2) is 0 Å². The fraction of sp³-hybridized carbons (Fsp3) is 0.500. The van der Waals surface area contributed by atoms with E-state index in [0.29, 0.717) is 22.9 Å². The molecule has 1 aromatic heterocycles. The van der Waals surface area contributed by atoms with E-state index < -0.39 is 0 Å². The first kappa shape index (κ1) is 23.3. The number of pyridine rings is 1. The summed E-state index contributed by atoms with van der Waals surface area (Å²) >= 11 is 6.45. The molecular formula is C26H31ClN4O3. The molecule has 0 radical (unpaired) electrons. The second-order valence-electron chi connectivity index (χ2n) is 9.71. The van der Waals surface area contributed by atoms with Gasteiger partial charge in [0.1, 0.15) is 6.10 Å². The van der Waals surface area contributed by atoms with Gasteiger partial charge < -0.3 is 15.0 Å². The number of benzene rings is 1. The number of hydrogen-bond donors (Lipinski definition) is 1. The summed E-state index contributed by atoms with van der Waals surface area (Å²) in [4.78, 5) is 34.5. The van der Waals surface area contributed by atoms with Gasteiger partial charge in [0.25, 0.3) is 11.8 Å². The van der Waals surface area contributed by atoms with Gasteiger partial charge in [-0.15, -0.1) is 0 Å². The minimum atomic E-state index is -0.250. The number of fused-ring (bicyclic) bond motifs is 2. The average molecular weight is 483 g/mol. The number of piperazine rings is 1.